The third kappa shape index (κ3) is 4.03. The maximum absolute atomic E-state index is 4.28. The summed E-state index contributed by atoms with van der Waals surface area (Å²) in [5, 5.41) is 4.07. The molecule has 0 bridgehead atoms. The van der Waals surface area contributed by atoms with Crippen molar-refractivity contribution in [3.05, 3.63) is 42.2 Å². The zero-order chi connectivity index (χ0) is 13.5. The molecule has 5 heteroatoms. The van der Waals surface area contributed by atoms with Gasteiger partial charge < -0.3 is 5.32 Å². The van der Waals surface area contributed by atoms with Crippen LogP contribution in [0.1, 0.15) is 31.9 Å². The first kappa shape index (κ1) is 14.5. The van der Waals surface area contributed by atoms with Crippen molar-refractivity contribution in [2.75, 3.05) is 6.54 Å². The molecule has 2 atom stereocenters. The molecule has 1 heterocycles. The first-order chi connectivity index (χ1) is 9.35. The maximum atomic E-state index is 4.28. The third-order valence-electron chi connectivity index (χ3n) is 2.95. The number of hydrogen-bond donors (Lipinski definition) is 1. The summed E-state index contributed by atoms with van der Waals surface area (Å²) in [4.78, 5) is 4.28. The van der Waals surface area contributed by atoms with Gasteiger partial charge in [0.2, 0.25) is 0 Å². The molecule has 0 aliphatic heterocycles. The first-order valence-electron chi connectivity index (χ1n) is 6.56. The molecule has 2 aromatic rings. The number of aromatic nitrogens is 2. The summed E-state index contributed by atoms with van der Waals surface area (Å²) in [6.45, 7) is 5.34. The fourth-order valence-corrected chi connectivity index (χ4v) is 3.95. The lowest BCUT2D eigenvalue weighted by Gasteiger charge is -2.26. The molecule has 102 valence electrons. The Hall–Kier alpha value is -0.910. The van der Waals surface area contributed by atoms with E-state index in [0.29, 0.717) is 11.3 Å². The Morgan fingerprint density at radius 3 is 2.63 bits per heavy atom. The molecule has 0 aliphatic rings. The van der Waals surface area contributed by atoms with E-state index in [1.807, 2.05) is 11.8 Å². The third-order valence-corrected chi connectivity index (χ3v) is 5.14. The quantitative estimate of drug-likeness (QED) is 0.789. The number of nitrogens with zero attached hydrogens (tertiary/aromatic N) is 2. The molecule has 0 radical (unpaired) electrons. The zero-order valence-corrected chi connectivity index (χ0v) is 12.9. The van der Waals surface area contributed by atoms with Crippen molar-refractivity contribution in [3.63, 3.8) is 0 Å². The van der Waals surface area contributed by atoms with Gasteiger partial charge in [0.1, 0.15) is 6.33 Å². The zero-order valence-electron chi connectivity index (χ0n) is 11.2. The molecule has 2 rings (SSSR count). The highest BCUT2D eigenvalue weighted by molar-refractivity contribution is 8.01. The predicted molar refractivity (Wildman–Crippen MR) is 82.7 cm³/mol. The van der Waals surface area contributed by atoms with Crippen molar-refractivity contribution in [1.29, 1.82) is 0 Å². The van der Waals surface area contributed by atoms with E-state index in [1.165, 1.54) is 17.1 Å². The van der Waals surface area contributed by atoms with Crippen molar-refractivity contribution in [2.45, 2.75) is 35.9 Å². The van der Waals surface area contributed by atoms with Gasteiger partial charge in [-0.3, -0.25) is 0 Å². The van der Waals surface area contributed by atoms with Crippen LogP contribution < -0.4 is 5.32 Å². The highest BCUT2D eigenvalue weighted by Crippen LogP contribution is 2.34. The summed E-state index contributed by atoms with van der Waals surface area (Å²) in [6.07, 6.45) is 2.72. The smallest absolute Gasteiger partial charge is 0.170 e. The molecular formula is C14H19N3S2. The van der Waals surface area contributed by atoms with Crippen molar-refractivity contribution >= 4 is 23.3 Å². The van der Waals surface area contributed by atoms with Gasteiger partial charge in [0.15, 0.2) is 4.34 Å². The Morgan fingerprint density at radius 2 is 2.05 bits per heavy atom. The molecule has 0 aliphatic carbocycles. The highest BCUT2D eigenvalue weighted by atomic mass is 32.2. The summed E-state index contributed by atoms with van der Waals surface area (Å²) in [5.41, 5.74) is 1.34. The van der Waals surface area contributed by atoms with Crippen LogP contribution in [0.25, 0.3) is 0 Å². The number of hydrogen-bond acceptors (Lipinski definition) is 5. The monoisotopic (exact) mass is 293 g/mol. The van der Waals surface area contributed by atoms with E-state index < -0.39 is 0 Å². The van der Waals surface area contributed by atoms with Crippen molar-refractivity contribution < 1.29 is 0 Å². The molecule has 0 spiro atoms. The van der Waals surface area contributed by atoms with Gasteiger partial charge in [-0.25, -0.2) is 4.98 Å². The van der Waals surface area contributed by atoms with Crippen LogP contribution in [0.5, 0.6) is 0 Å². The van der Waals surface area contributed by atoms with Gasteiger partial charge in [-0.05, 0) is 30.1 Å². The molecule has 0 fully saturated rings. The van der Waals surface area contributed by atoms with Gasteiger partial charge in [-0.2, -0.15) is 4.37 Å². The number of rotatable bonds is 7. The van der Waals surface area contributed by atoms with Crippen molar-refractivity contribution in [2.24, 2.45) is 0 Å². The largest absolute Gasteiger partial charge is 0.309 e. The molecule has 1 aromatic heterocycles. The van der Waals surface area contributed by atoms with Gasteiger partial charge in [0.25, 0.3) is 0 Å². The van der Waals surface area contributed by atoms with E-state index in [4.69, 9.17) is 0 Å². The van der Waals surface area contributed by atoms with E-state index in [0.717, 1.165) is 17.3 Å². The fourth-order valence-electron chi connectivity index (χ4n) is 2.08. The Morgan fingerprint density at radius 1 is 1.26 bits per heavy atom. The van der Waals surface area contributed by atoms with Crippen LogP contribution in [-0.4, -0.2) is 21.2 Å². The van der Waals surface area contributed by atoms with Crippen LogP contribution in [-0.2, 0) is 0 Å². The van der Waals surface area contributed by atoms with Crippen LogP contribution in [0, 0.1) is 0 Å². The van der Waals surface area contributed by atoms with Crippen LogP contribution in [0.3, 0.4) is 0 Å². The average molecular weight is 293 g/mol. The van der Waals surface area contributed by atoms with Crippen molar-refractivity contribution in [3.8, 4) is 0 Å². The van der Waals surface area contributed by atoms with E-state index in [-0.39, 0.29) is 0 Å². The van der Waals surface area contributed by atoms with Gasteiger partial charge in [0, 0.05) is 11.3 Å². The summed E-state index contributed by atoms with van der Waals surface area (Å²) in [5.74, 6) is 0. The van der Waals surface area contributed by atoms with E-state index in [9.17, 15) is 0 Å². The Kier molecular flexibility index (Phi) is 5.82. The normalized spacial score (nSPS) is 14.2. The predicted octanol–water partition coefficient (Wildman–Crippen LogP) is 3.76. The molecule has 2 unspecified atom stereocenters. The molecule has 3 nitrogen and oxygen atoms in total. The molecule has 0 saturated heterocycles. The molecule has 19 heavy (non-hydrogen) atoms. The van der Waals surface area contributed by atoms with E-state index in [2.05, 4.69) is 58.9 Å². The second-order valence-corrected chi connectivity index (χ2v) is 6.48. The SMILES string of the molecule is CCNC(c1ccccc1)C(CC)Sc1ncns1. The second kappa shape index (κ2) is 7.62. The molecule has 0 amide bonds. The van der Waals surface area contributed by atoms with Gasteiger partial charge in [-0.15, -0.1) is 0 Å². The van der Waals surface area contributed by atoms with Gasteiger partial charge >= 0.3 is 0 Å². The average Bonchev–Trinajstić information content (AvgIpc) is 2.96. The van der Waals surface area contributed by atoms with Crippen LogP contribution in [0.15, 0.2) is 41.0 Å². The summed E-state index contributed by atoms with van der Waals surface area (Å²) in [6, 6.07) is 11.0. The van der Waals surface area contributed by atoms with Crippen LogP contribution in [0.4, 0.5) is 0 Å². The Labute approximate surface area is 123 Å². The maximum Gasteiger partial charge on any atom is 0.170 e. The van der Waals surface area contributed by atoms with E-state index >= 15 is 0 Å². The first-order valence-corrected chi connectivity index (χ1v) is 8.22. The minimum atomic E-state index is 0.352. The summed E-state index contributed by atoms with van der Waals surface area (Å²) in [7, 11) is 0. The molecular weight excluding hydrogens is 274 g/mol. The summed E-state index contributed by atoms with van der Waals surface area (Å²) >= 11 is 3.29. The lowest BCUT2D eigenvalue weighted by molar-refractivity contribution is 0.521. The molecule has 1 aromatic carbocycles. The van der Waals surface area contributed by atoms with Gasteiger partial charge in [0.05, 0.1) is 0 Å². The van der Waals surface area contributed by atoms with Crippen LogP contribution >= 0.6 is 23.3 Å². The van der Waals surface area contributed by atoms with Gasteiger partial charge in [-0.1, -0.05) is 55.9 Å². The summed E-state index contributed by atoms with van der Waals surface area (Å²) < 4.78 is 5.12. The molecule has 1 N–H and O–H groups in total. The van der Waals surface area contributed by atoms with Crippen LogP contribution in [0.2, 0.25) is 0 Å². The number of thioether (sulfide) groups is 1. The standard InChI is InChI=1S/C14H19N3S2/c1-3-12(18-14-16-10-17-19-14)13(15-4-2)11-8-6-5-7-9-11/h5-10,12-13,15H,3-4H2,1-2H3. The Bertz CT molecular complexity index is 459. The minimum absolute atomic E-state index is 0.352. The molecule has 0 saturated carbocycles. The minimum Gasteiger partial charge on any atom is -0.309 e. The fraction of sp³-hybridized carbons (Fsp3) is 0.429. The van der Waals surface area contributed by atoms with E-state index in [1.54, 1.807) is 6.33 Å². The van der Waals surface area contributed by atoms with Crippen molar-refractivity contribution in [1.82, 2.24) is 14.7 Å². The number of benzene rings is 1. The number of nitrogens with one attached hydrogen (secondary N) is 1. The lowest BCUT2D eigenvalue weighted by atomic mass is 10.0. The highest BCUT2D eigenvalue weighted by Gasteiger charge is 2.22. The topological polar surface area (TPSA) is 37.8 Å². The second-order valence-electron chi connectivity index (χ2n) is 4.22. The Balaban J connectivity index is 2.16. The lowest BCUT2D eigenvalue weighted by Crippen LogP contribution is -2.29.